The number of carbonyl (C=O) groups excluding carboxylic acids is 1. The highest BCUT2D eigenvalue weighted by Gasteiger charge is 2.54. The number of pyridine rings is 1. The molecule has 5 nitrogen and oxygen atoms in total. The molecule has 24 heavy (non-hydrogen) atoms. The van der Waals surface area contributed by atoms with E-state index in [0.29, 0.717) is 45.5 Å². The lowest BCUT2D eigenvalue weighted by Crippen LogP contribution is -2.46. The molecular weight excluding hydrogens is 300 g/mol. The van der Waals surface area contributed by atoms with Gasteiger partial charge in [-0.3, -0.25) is 4.79 Å². The average Bonchev–Trinajstić information content (AvgIpc) is 3.19. The van der Waals surface area contributed by atoms with Crippen LogP contribution in [0.25, 0.3) is 11.0 Å². The second-order valence-corrected chi connectivity index (χ2v) is 8.07. The Morgan fingerprint density at radius 2 is 2.29 bits per heavy atom. The summed E-state index contributed by atoms with van der Waals surface area (Å²) in [7, 11) is 0. The predicted octanol–water partition coefficient (Wildman–Crippen LogP) is 3.24. The van der Waals surface area contributed by atoms with Gasteiger partial charge in [-0.15, -0.1) is 0 Å². The maximum atomic E-state index is 12.7. The van der Waals surface area contributed by atoms with Gasteiger partial charge in [-0.2, -0.15) is 5.26 Å². The first kappa shape index (κ1) is 15.2. The second kappa shape index (κ2) is 5.07. The Morgan fingerprint density at radius 1 is 1.50 bits per heavy atom. The standard InChI is InChI=1S/C19H22N4O/c1-10-14-6-12(8-19(14,2)3)16(10)23-18(24)15-7-13-11(9-20)4-5-21-17(13)22-15/h4-5,7,10,12,14,16H,6,8H2,1-3H3,(H,21,22)(H,23,24)/t10-,12?,14-,16+/m0/s1. The fourth-order valence-electron chi connectivity index (χ4n) is 5.16. The molecule has 2 aromatic rings. The zero-order valence-corrected chi connectivity index (χ0v) is 14.3. The molecule has 1 amide bonds. The van der Waals surface area contributed by atoms with Crippen molar-refractivity contribution in [3.63, 3.8) is 0 Å². The van der Waals surface area contributed by atoms with E-state index in [9.17, 15) is 10.1 Å². The van der Waals surface area contributed by atoms with Gasteiger partial charge in [0.25, 0.3) is 5.91 Å². The first-order chi connectivity index (χ1) is 11.4. The van der Waals surface area contributed by atoms with Crippen LogP contribution in [0.3, 0.4) is 0 Å². The first-order valence-corrected chi connectivity index (χ1v) is 8.59. The quantitative estimate of drug-likeness (QED) is 0.890. The van der Waals surface area contributed by atoms with Crippen LogP contribution in [-0.2, 0) is 0 Å². The summed E-state index contributed by atoms with van der Waals surface area (Å²) in [6, 6.07) is 5.78. The Labute approximate surface area is 141 Å². The monoisotopic (exact) mass is 322 g/mol. The van der Waals surface area contributed by atoms with Crippen LogP contribution in [0.2, 0.25) is 0 Å². The fourth-order valence-corrected chi connectivity index (χ4v) is 5.16. The third-order valence-corrected chi connectivity index (χ3v) is 6.25. The topological polar surface area (TPSA) is 81.6 Å². The molecule has 4 rings (SSSR count). The molecule has 5 heteroatoms. The van der Waals surface area contributed by atoms with Crippen LogP contribution in [0.5, 0.6) is 0 Å². The van der Waals surface area contributed by atoms with Gasteiger partial charge in [-0.25, -0.2) is 4.98 Å². The van der Waals surface area contributed by atoms with E-state index in [1.165, 1.54) is 12.8 Å². The SMILES string of the molecule is C[C@@H]1[C@@H](NC(=O)c2cc3c(C#N)ccnc3[nH]2)C2C[C@@H]1C(C)(C)C2. The van der Waals surface area contributed by atoms with Gasteiger partial charge in [0.1, 0.15) is 11.3 Å². The van der Waals surface area contributed by atoms with E-state index >= 15 is 0 Å². The molecule has 0 aromatic carbocycles. The van der Waals surface area contributed by atoms with Gasteiger partial charge in [0.05, 0.1) is 11.6 Å². The highest BCUT2D eigenvalue weighted by Crippen LogP contribution is 2.58. The van der Waals surface area contributed by atoms with E-state index in [1.54, 1.807) is 18.3 Å². The summed E-state index contributed by atoms with van der Waals surface area (Å²) in [6.07, 6.45) is 3.98. The Morgan fingerprint density at radius 3 is 2.96 bits per heavy atom. The Hall–Kier alpha value is -2.35. The lowest BCUT2D eigenvalue weighted by Gasteiger charge is -2.39. The third-order valence-electron chi connectivity index (χ3n) is 6.25. The molecule has 2 aliphatic carbocycles. The van der Waals surface area contributed by atoms with E-state index in [-0.39, 0.29) is 11.9 Å². The molecule has 0 radical (unpaired) electrons. The second-order valence-electron chi connectivity index (χ2n) is 8.07. The Bertz CT molecular complexity index is 858. The van der Waals surface area contributed by atoms with E-state index in [4.69, 9.17) is 0 Å². The minimum Gasteiger partial charge on any atom is -0.347 e. The maximum absolute atomic E-state index is 12.7. The number of aromatic nitrogens is 2. The van der Waals surface area contributed by atoms with Crippen molar-refractivity contribution < 1.29 is 4.79 Å². The van der Waals surface area contributed by atoms with Gasteiger partial charge in [-0.05, 0) is 48.1 Å². The smallest absolute Gasteiger partial charge is 0.268 e. The van der Waals surface area contributed by atoms with Gasteiger partial charge >= 0.3 is 0 Å². The number of fused-ring (bicyclic) bond motifs is 3. The first-order valence-electron chi connectivity index (χ1n) is 8.59. The molecule has 2 heterocycles. The fraction of sp³-hybridized carbons (Fsp3) is 0.526. The van der Waals surface area contributed by atoms with Gasteiger partial charge in [0.15, 0.2) is 0 Å². The van der Waals surface area contributed by atoms with Crippen molar-refractivity contribution >= 4 is 16.9 Å². The van der Waals surface area contributed by atoms with E-state index in [1.807, 2.05) is 0 Å². The van der Waals surface area contributed by atoms with Crippen molar-refractivity contribution in [1.29, 1.82) is 5.26 Å². The van der Waals surface area contributed by atoms with E-state index < -0.39 is 0 Å². The molecule has 2 aliphatic rings. The molecule has 2 aromatic heterocycles. The minimum atomic E-state index is -0.0981. The van der Waals surface area contributed by atoms with Crippen molar-refractivity contribution in [3.05, 3.63) is 29.6 Å². The summed E-state index contributed by atoms with van der Waals surface area (Å²) < 4.78 is 0. The maximum Gasteiger partial charge on any atom is 0.268 e. The zero-order valence-electron chi connectivity index (χ0n) is 14.3. The van der Waals surface area contributed by atoms with Crippen LogP contribution in [0, 0.1) is 34.5 Å². The van der Waals surface area contributed by atoms with E-state index in [0.717, 1.165) is 0 Å². The van der Waals surface area contributed by atoms with Gasteiger partial charge < -0.3 is 10.3 Å². The normalized spacial score (nSPS) is 30.4. The van der Waals surface area contributed by atoms with E-state index in [2.05, 4.69) is 42.1 Å². The molecule has 0 spiro atoms. The number of aromatic amines is 1. The summed E-state index contributed by atoms with van der Waals surface area (Å²) in [4.78, 5) is 20.0. The lowest BCUT2D eigenvalue weighted by molar-refractivity contribution is 0.0832. The van der Waals surface area contributed by atoms with Gasteiger partial charge in [0, 0.05) is 17.6 Å². The number of amides is 1. The van der Waals surface area contributed by atoms with Crippen molar-refractivity contribution in [1.82, 2.24) is 15.3 Å². The predicted molar refractivity (Wildman–Crippen MR) is 91.2 cm³/mol. The van der Waals surface area contributed by atoms with Crippen LogP contribution in [0.4, 0.5) is 0 Å². The summed E-state index contributed by atoms with van der Waals surface area (Å²) in [5.74, 6) is 1.66. The van der Waals surface area contributed by atoms with Gasteiger partial charge in [-0.1, -0.05) is 20.8 Å². The largest absolute Gasteiger partial charge is 0.347 e. The van der Waals surface area contributed by atoms with Crippen LogP contribution in [-0.4, -0.2) is 21.9 Å². The highest BCUT2D eigenvalue weighted by molar-refractivity contribution is 5.98. The summed E-state index contributed by atoms with van der Waals surface area (Å²) >= 11 is 0. The molecule has 0 saturated heterocycles. The van der Waals surface area contributed by atoms with Crippen LogP contribution < -0.4 is 5.32 Å². The molecule has 1 unspecified atom stereocenters. The molecule has 2 N–H and O–H groups in total. The lowest BCUT2D eigenvalue weighted by atomic mass is 9.70. The molecule has 4 atom stereocenters. The number of nitriles is 1. The summed E-state index contributed by atoms with van der Waals surface area (Å²) in [6.45, 7) is 6.95. The van der Waals surface area contributed by atoms with Crippen LogP contribution in [0.1, 0.15) is 49.7 Å². The zero-order chi connectivity index (χ0) is 17.1. The number of nitrogens with one attached hydrogen (secondary N) is 2. The number of hydrogen-bond acceptors (Lipinski definition) is 3. The Kier molecular flexibility index (Phi) is 3.21. The van der Waals surface area contributed by atoms with Gasteiger partial charge in [0.2, 0.25) is 0 Å². The molecule has 2 bridgehead atoms. The van der Waals surface area contributed by atoms with Crippen molar-refractivity contribution in [2.75, 3.05) is 0 Å². The molecule has 124 valence electrons. The van der Waals surface area contributed by atoms with Crippen molar-refractivity contribution in [3.8, 4) is 6.07 Å². The molecule has 2 saturated carbocycles. The molecule has 2 fully saturated rings. The van der Waals surface area contributed by atoms with Crippen molar-refractivity contribution in [2.45, 2.75) is 39.7 Å². The Balaban J connectivity index is 1.57. The minimum absolute atomic E-state index is 0.0981. The van der Waals surface area contributed by atoms with Crippen LogP contribution in [0.15, 0.2) is 18.3 Å². The number of nitrogens with zero attached hydrogens (tertiary/aromatic N) is 2. The third kappa shape index (κ3) is 2.13. The number of rotatable bonds is 2. The summed E-state index contributed by atoms with van der Waals surface area (Å²) in [5.41, 5.74) is 1.99. The number of carbonyl (C=O) groups is 1. The van der Waals surface area contributed by atoms with Crippen LogP contribution >= 0.6 is 0 Å². The average molecular weight is 322 g/mol. The van der Waals surface area contributed by atoms with Crippen molar-refractivity contribution in [2.24, 2.45) is 23.2 Å². The summed E-state index contributed by atoms with van der Waals surface area (Å²) in [5, 5.41) is 13.1. The number of H-pyrrole nitrogens is 1. The highest BCUT2D eigenvalue weighted by atomic mass is 16.2. The number of hydrogen-bond donors (Lipinski definition) is 2. The molecule has 0 aliphatic heterocycles. The molecular formula is C19H22N4O.